The van der Waals surface area contributed by atoms with Gasteiger partial charge in [-0.05, 0) is 19.9 Å². The summed E-state index contributed by atoms with van der Waals surface area (Å²) < 4.78 is 0. The molecule has 0 aromatic carbocycles. The van der Waals surface area contributed by atoms with E-state index in [9.17, 15) is 4.79 Å². The number of urea groups is 1. The summed E-state index contributed by atoms with van der Waals surface area (Å²) in [5.74, 6) is 0. The van der Waals surface area contributed by atoms with E-state index in [0.29, 0.717) is 12.1 Å². The van der Waals surface area contributed by atoms with E-state index in [4.69, 9.17) is 0 Å². The summed E-state index contributed by atoms with van der Waals surface area (Å²) in [6.07, 6.45) is 6.32. The molecule has 4 nitrogen and oxygen atoms in total. The van der Waals surface area contributed by atoms with Crippen LogP contribution in [0.3, 0.4) is 0 Å². The first-order chi connectivity index (χ1) is 7.74. The SMILES string of the molecule is CNCC1CN(C2CCCCC2)C(=O)N1C. The lowest BCUT2D eigenvalue weighted by molar-refractivity contribution is 0.167. The second-order valence-electron chi connectivity index (χ2n) is 5.05. The zero-order valence-corrected chi connectivity index (χ0v) is 10.4. The van der Waals surface area contributed by atoms with Gasteiger partial charge in [-0.1, -0.05) is 19.3 Å². The first-order valence-electron chi connectivity index (χ1n) is 6.42. The summed E-state index contributed by atoms with van der Waals surface area (Å²) >= 11 is 0. The molecule has 92 valence electrons. The molecule has 2 rings (SSSR count). The molecule has 1 unspecified atom stereocenters. The van der Waals surface area contributed by atoms with Crippen LogP contribution in [0.2, 0.25) is 0 Å². The van der Waals surface area contributed by atoms with Crippen LogP contribution in [0.25, 0.3) is 0 Å². The molecule has 2 aliphatic rings. The average Bonchev–Trinajstić information content (AvgIpc) is 2.59. The van der Waals surface area contributed by atoms with Crippen LogP contribution in [-0.2, 0) is 0 Å². The van der Waals surface area contributed by atoms with E-state index in [0.717, 1.165) is 13.1 Å². The molecule has 1 saturated carbocycles. The Morgan fingerprint density at radius 3 is 2.62 bits per heavy atom. The second-order valence-corrected chi connectivity index (χ2v) is 5.05. The summed E-state index contributed by atoms with van der Waals surface area (Å²) in [4.78, 5) is 16.1. The highest BCUT2D eigenvalue weighted by Crippen LogP contribution is 2.26. The third-order valence-electron chi connectivity index (χ3n) is 3.96. The quantitative estimate of drug-likeness (QED) is 0.785. The van der Waals surface area contributed by atoms with Crippen molar-refractivity contribution in [1.29, 1.82) is 0 Å². The molecule has 1 aliphatic carbocycles. The summed E-state index contributed by atoms with van der Waals surface area (Å²) in [6.45, 7) is 1.80. The Kier molecular flexibility index (Phi) is 3.69. The summed E-state index contributed by atoms with van der Waals surface area (Å²) in [7, 11) is 3.87. The number of nitrogens with one attached hydrogen (secondary N) is 1. The van der Waals surface area contributed by atoms with Gasteiger partial charge in [-0.2, -0.15) is 0 Å². The molecule has 0 aromatic rings. The van der Waals surface area contributed by atoms with E-state index in [1.165, 1.54) is 32.1 Å². The van der Waals surface area contributed by atoms with Gasteiger partial charge in [0.1, 0.15) is 0 Å². The highest BCUT2D eigenvalue weighted by atomic mass is 16.2. The molecular formula is C12H23N3O. The van der Waals surface area contributed by atoms with Gasteiger partial charge in [0, 0.05) is 26.2 Å². The minimum atomic E-state index is 0.229. The number of carbonyl (C=O) groups excluding carboxylic acids is 1. The lowest BCUT2D eigenvalue weighted by Gasteiger charge is -2.30. The van der Waals surface area contributed by atoms with E-state index in [-0.39, 0.29) is 6.03 Å². The van der Waals surface area contributed by atoms with Gasteiger partial charge in [0.25, 0.3) is 0 Å². The van der Waals surface area contributed by atoms with Gasteiger partial charge >= 0.3 is 6.03 Å². The maximum atomic E-state index is 12.1. The van der Waals surface area contributed by atoms with Crippen molar-refractivity contribution in [2.75, 3.05) is 27.2 Å². The molecule has 16 heavy (non-hydrogen) atoms. The maximum Gasteiger partial charge on any atom is 0.320 e. The predicted octanol–water partition coefficient (Wildman–Crippen LogP) is 1.27. The van der Waals surface area contributed by atoms with Crippen LogP contribution in [0.4, 0.5) is 4.79 Å². The monoisotopic (exact) mass is 225 g/mol. The van der Waals surface area contributed by atoms with Gasteiger partial charge in [0.2, 0.25) is 0 Å². The molecule has 1 aliphatic heterocycles. The molecule has 0 radical (unpaired) electrons. The smallest absolute Gasteiger partial charge is 0.320 e. The number of hydrogen-bond acceptors (Lipinski definition) is 2. The Morgan fingerprint density at radius 1 is 1.31 bits per heavy atom. The number of rotatable bonds is 3. The van der Waals surface area contributed by atoms with E-state index in [1.807, 2.05) is 19.0 Å². The van der Waals surface area contributed by atoms with Gasteiger partial charge in [0.05, 0.1) is 6.04 Å². The lowest BCUT2D eigenvalue weighted by Crippen LogP contribution is -2.39. The Balaban J connectivity index is 1.97. The molecule has 1 N–H and O–H groups in total. The first kappa shape index (κ1) is 11.7. The van der Waals surface area contributed by atoms with Crippen molar-refractivity contribution in [2.45, 2.75) is 44.2 Å². The van der Waals surface area contributed by atoms with E-state index < -0.39 is 0 Å². The zero-order valence-electron chi connectivity index (χ0n) is 10.4. The average molecular weight is 225 g/mol. The lowest BCUT2D eigenvalue weighted by atomic mass is 9.94. The van der Waals surface area contributed by atoms with E-state index >= 15 is 0 Å². The van der Waals surface area contributed by atoms with Crippen molar-refractivity contribution in [3.05, 3.63) is 0 Å². The van der Waals surface area contributed by atoms with Crippen LogP contribution >= 0.6 is 0 Å². The highest BCUT2D eigenvalue weighted by molar-refractivity contribution is 5.77. The molecular weight excluding hydrogens is 202 g/mol. The van der Waals surface area contributed by atoms with Crippen LogP contribution in [0.15, 0.2) is 0 Å². The van der Waals surface area contributed by atoms with Crippen molar-refractivity contribution < 1.29 is 4.79 Å². The molecule has 1 heterocycles. The number of carbonyl (C=O) groups is 1. The number of nitrogens with zero attached hydrogens (tertiary/aromatic N) is 2. The van der Waals surface area contributed by atoms with Crippen molar-refractivity contribution >= 4 is 6.03 Å². The molecule has 4 heteroatoms. The molecule has 0 bridgehead atoms. The van der Waals surface area contributed by atoms with Gasteiger partial charge < -0.3 is 15.1 Å². The standard InChI is InChI=1S/C12H23N3O/c1-13-8-11-9-15(12(16)14(11)2)10-6-4-3-5-7-10/h10-11,13H,3-9H2,1-2H3. The summed E-state index contributed by atoms with van der Waals surface area (Å²) in [5, 5.41) is 3.16. The third kappa shape index (κ3) is 2.17. The summed E-state index contributed by atoms with van der Waals surface area (Å²) in [6, 6.07) is 1.08. The maximum absolute atomic E-state index is 12.1. The predicted molar refractivity (Wildman–Crippen MR) is 64.5 cm³/mol. The molecule has 2 fully saturated rings. The van der Waals surface area contributed by atoms with Crippen molar-refractivity contribution in [3.63, 3.8) is 0 Å². The molecule has 2 amide bonds. The van der Waals surface area contributed by atoms with E-state index in [2.05, 4.69) is 10.2 Å². The van der Waals surface area contributed by atoms with Crippen molar-refractivity contribution in [2.24, 2.45) is 0 Å². The first-order valence-corrected chi connectivity index (χ1v) is 6.42. The third-order valence-corrected chi connectivity index (χ3v) is 3.96. The Bertz CT molecular complexity index is 251. The Labute approximate surface area is 98.0 Å². The molecule has 1 atom stereocenters. The van der Waals surface area contributed by atoms with Crippen molar-refractivity contribution in [3.8, 4) is 0 Å². The van der Waals surface area contributed by atoms with Crippen LogP contribution in [0, 0.1) is 0 Å². The van der Waals surface area contributed by atoms with Gasteiger partial charge in [-0.3, -0.25) is 0 Å². The highest BCUT2D eigenvalue weighted by Gasteiger charge is 2.38. The Hall–Kier alpha value is -0.770. The van der Waals surface area contributed by atoms with E-state index in [1.54, 1.807) is 0 Å². The number of amides is 2. The molecule has 1 saturated heterocycles. The number of hydrogen-bond donors (Lipinski definition) is 1. The summed E-state index contributed by atoms with van der Waals surface area (Å²) in [5.41, 5.74) is 0. The topological polar surface area (TPSA) is 35.6 Å². The number of likely N-dealkylation sites (N-methyl/N-ethyl adjacent to an activating group) is 2. The van der Waals surface area contributed by atoms with Gasteiger partial charge in [-0.15, -0.1) is 0 Å². The minimum absolute atomic E-state index is 0.229. The second kappa shape index (κ2) is 5.04. The molecule has 0 aromatic heterocycles. The van der Waals surface area contributed by atoms with Gasteiger partial charge in [0.15, 0.2) is 0 Å². The normalized spacial score (nSPS) is 27.9. The van der Waals surface area contributed by atoms with Crippen molar-refractivity contribution in [1.82, 2.24) is 15.1 Å². The fourth-order valence-electron chi connectivity index (χ4n) is 2.92. The largest absolute Gasteiger partial charge is 0.322 e. The van der Waals surface area contributed by atoms with Gasteiger partial charge in [-0.25, -0.2) is 4.79 Å². The minimum Gasteiger partial charge on any atom is -0.322 e. The fraction of sp³-hybridized carbons (Fsp3) is 0.917. The van der Waals surface area contributed by atoms with Crippen LogP contribution in [0.5, 0.6) is 0 Å². The van der Waals surface area contributed by atoms with Crippen LogP contribution < -0.4 is 5.32 Å². The van der Waals surface area contributed by atoms with Crippen LogP contribution in [0.1, 0.15) is 32.1 Å². The fourth-order valence-corrected chi connectivity index (χ4v) is 2.92. The Morgan fingerprint density at radius 2 is 2.00 bits per heavy atom. The zero-order chi connectivity index (χ0) is 11.5. The molecule has 0 spiro atoms. The van der Waals surface area contributed by atoms with Crippen LogP contribution in [-0.4, -0.2) is 55.1 Å².